The highest BCUT2D eigenvalue weighted by atomic mass is 16.1. The van der Waals surface area contributed by atoms with Crippen LogP contribution in [-0.4, -0.2) is 5.78 Å². The fraction of sp³-hybridized carbons (Fsp3) is 0.889. The van der Waals surface area contributed by atoms with Crippen LogP contribution in [0.25, 0.3) is 0 Å². The van der Waals surface area contributed by atoms with E-state index in [0.29, 0.717) is 17.6 Å². The average molecular weight is 136 g/mol. The van der Waals surface area contributed by atoms with Gasteiger partial charge in [0.2, 0.25) is 0 Å². The molecule has 3 rings (SSSR count). The van der Waals surface area contributed by atoms with E-state index in [-0.39, 0.29) is 0 Å². The Morgan fingerprint density at radius 3 is 2.20 bits per heavy atom. The average Bonchev–Trinajstić information content (AvgIpc) is 2.37. The minimum absolute atomic E-state index is 0.539. The maximum Gasteiger partial charge on any atom is 0.139 e. The van der Waals surface area contributed by atoms with E-state index in [2.05, 4.69) is 0 Å². The zero-order chi connectivity index (χ0) is 6.72. The van der Waals surface area contributed by atoms with Gasteiger partial charge in [-0.1, -0.05) is 0 Å². The Labute approximate surface area is 60.8 Å². The lowest BCUT2D eigenvalue weighted by Gasteiger charge is -2.35. The molecule has 0 radical (unpaired) electrons. The number of hydrogen-bond acceptors (Lipinski definition) is 1. The molecule has 4 atom stereocenters. The van der Waals surface area contributed by atoms with Crippen LogP contribution in [0.2, 0.25) is 0 Å². The lowest BCUT2D eigenvalue weighted by atomic mass is 9.66. The van der Waals surface area contributed by atoms with E-state index in [9.17, 15) is 4.79 Å². The van der Waals surface area contributed by atoms with Crippen LogP contribution in [-0.2, 0) is 4.79 Å². The van der Waals surface area contributed by atoms with E-state index in [4.69, 9.17) is 0 Å². The highest BCUT2D eigenvalue weighted by molar-refractivity contribution is 5.91. The number of rotatable bonds is 0. The van der Waals surface area contributed by atoms with E-state index in [0.717, 1.165) is 11.8 Å². The molecule has 3 aliphatic rings. The van der Waals surface area contributed by atoms with Crippen molar-refractivity contribution in [1.29, 1.82) is 0 Å². The Morgan fingerprint density at radius 2 is 1.60 bits per heavy atom. The molecule has 0 saturated heterocycles. The van der Waals surface area contributed by atoms with Gasteiger partial charge in [0.1, 0.15) is 5.78 Å². The maximum atomic E-state index is 11.3. The summed E-state index contributed by atoms with van der Waals surface area (Å²) in [7, 11) is 0. The van der Waals surface area contributed by atoms with Crippen LogP contribution >= 0.6 is 0 Å². The summed E-state index contributed by atoms with van der Waals surface area (Å²) in [4.78, 5) is 11.3. The smallest absolute Gasteiger partial charge is 0.139 e. The third kappa shape index (κ3) is 0.388. The molecule has 3 aliphatic carbocycles. The molecule has 10 heavy (non-hydrogen) atoms. The SMILES string of the molecule is O=C1[C@H]2CCC3CC[C@@H]1[C@H]32. The van der Waals surface area contributed by atoms with Crippen molar-refractivity contribution >= 4 is 5.78 Å². The molecular weight excluding hydrogens is 124 g/mol. The van der Waals surface area contributed by atoms with Crippen molar-refractivity contribution in [3.05, 3.63) is 0 Å². The topological polar surface area (TPSA) is 17.1 Å². The van der Waals surface area contributed by atoms with Crippen LogP contribution in [0.4, 0.5) is 0 Å². The second kappa shape index (κ2) is 1.46. The van der Waals surface area contributed by atoms with Gasteiger partial charge >= 0.3 is 0 Å². The van der Waals surface area contributed by atoms with Crippen molar-refractivity contribution < 1.29 is 4.79 Å². The zero-order valence-corrected chi connectivity index (χ0v) is 6.05. The first-order valence-corrected chi connectivity index (χ1v) is 4.41. The summed E-state index contributed by atoms with van der Waals surface area (Å²) in [6.07, 6.45) is 5.17. The molecule has 54 valence electrons. The number of Topliss-reactive ketones (excluding diaryl/α,β-unsaturated/α-hetero) is 1. The standard InChI is InChI=1S/C9H12O/c10-9-6-3-1-5-2-4-7(9)8(5)6/h5-8H,1-4H2/t5?,6-,7+,8+. The van der Waals surface area contributed by atoms with Gasteiger partial charge in [-0.25, -0.2) is 0 Å². The molecule has 0 amide bonds. The molecule has 3 fully saturated rings. The Morgan fingerprint density at radius 1 is 1.00 bits per heavy atom. The predicted octanol–water partition coefficient (Wildman–Crippen LogP) is 1.62. The maximum absolute atomic E-state index is 11.3. The molecule has 3 saturated carbocycles. The predicted molar refractivity (Wildman–Crippen MR) is 37.4 cm³/mol. The molecule has 0 aromatic heterocycles. The summed E-state index contributed by atoms with van der Waals surface area (Å²) in [6, 6.07) is 0. The largest absolute Gasteiger partial charge is 0.299 e. The summed E-state index contributed by atoms with van der Waals surface area (Å²) >= 11 is 0. The number of ketones is 1. The van der Waals surface area contributed by atoms with Gasteiger partial charge in [-0.05, 0) is 37.5 Å². The van der Waals surface area contributed by atoms with Crippen molar-refractivity contribution in [3.63, 3.8) is 0 Å². The van der Waals surface area contributed by atoms with Gasteiger partial charge in [0.15, 0.2) is 0 Å². The van der Waals surface area contributed by atoms with E-state index in [1.165, 1.54) is 25.7 Å². The fourth-order valence-electron chi connectivity index (χ4n) is 3.46. The summed E-state index contributed by atoms with van der Waals surface area (Å²) in [6.45, 7) is 0. The van der Waals surface area contributed by atoms with Crippen LogP contribution in [0.1, 0.15) is 25.7 Å². The molecule has 1 heteroatoms. The molecule has 0 aromatic rings. The van der Waals surface area contributed by atoms with Gasteiger partial charge in [-0.15, -0.1) is 0 Å². The van der Waals surface area contributed by atoms with Crippen molar-refractivity contribution in [3.8, 4) is 0 Å². The molecular formula is C9H12O. The van der Waals surface area contributed by atoms with Crippen molar-refractivity contribution in [2.75, 3.05) is 0 Å². The Hall–Kier alpha value is -0.330. The van der Waals surface area contributed by atoms with Crippen LogP contribution in [0.5, 0.6) is 0 Å². The lowest BCUT2D eigenvalue weighted by molar-refractivity contribution is -0.139. The minimum atomic E-state index is 0.539. The Balaban J connectivity index is 2.00. The molecule has 0 N–H and O–H groups in total. The van der Waals surface area contributed by atoms with Crippen molar-refractivity contribution in [2.45, 2.75) is 25.7 Å². The van der Waals surface area contributed by atoms with Crippen LogP contribution in [0, 0.1) is 23.7 Å². The van der Waals surface area contributed by atoms with Gasteiger partial charge in [-0.2, -0.15) is 0 Å². The summed E-state index contributed by atoms with van der Waals surface area (Å²) in [5.74, 6) is 3.53. The van der Waals surface area contributed by atoms with Crippen LogP contribution in [0.3, 0.4) is 0 Å². The molecule has 0 spiro atoms. The molecule has 0 aromatic carbocycles. The third-order valence-corrected chi connectivity index (χ3v) is 3.90. The van der Waals surface area contributed by atoms with E-state index in [1.807, 2.05) is 0 Å². The first-order chi connectivity index (χ1) is 4.88. The third-order valence-electron chi connectivity index (χ3n) is 3.90. The second-order valence-corrected chi connectivity index (χ2v) is 4.11. The van der Waals surface area contributed by atoms with E-state index < -0.39 is 0 Å². The lowest BCUT2D eigenvalue weighted by Crippen LogP contribution is -2.42. The Bertz CT molecular complexity index is 179. The molecule has 0 aliphatic heterocycles. The molecule has 1 unspecified atom stereocenters. The van der Waals surface area contributed by atoms with E-state index >= 15 is 0 Å². The number of carbonyl (C=O) groups excluding carboxylic acids is 1. The van der Waals surface area contributed by atoms with Gasteiger partial charge in [0.05, 0.1) is 0 Å². The summed E-state index contributed by atoms with van der Waals surface area (Å²) in [5.41, 5.74) is 0. The van der Waals surface area contributed by atoms with Gasteiger partial charge < -0.3 is 0 Å². The number of carbonyl (C=O) groups is 1. The quantitative estimate of drug-likeness (QED) is 0.494. The molecule has 0 bridgehead atoms. The normalized spacial score (nSPS) is 56.6. The zero-order valence-electron chi connectivity index (χ0n) is 6.05. The van der Waals surface area contributed by atoms with Gasteiger partial charge in [0, 0.05) is 11.8 Å². The van der Waals surface area contributed by atoms with E-state index in [1.54, 1.807) is 0 Å². The second-order valence-electron chi connectivity index (χ2n) is 4.11. The summed E-state index contributed by atoms with van der Waals surface area (Å²) in [5, 5.41) is 0. The minimum Gasteiger partial charge on any atom is -0.299 e. The molecule has 1 nitrogen and oxygen atoms in total. The van der Waals surface area contributed by atoms with Crippen molar-refractivity contribution in [2.24, 2.45) is 23.7 Å². The molecule has 0 heterocycles. The Kier molecular flexibility index (Phi) is 0.781. The summed E-state index contributed by atoms with van der Waals surface area (Å²) < 4.78 is 0. The number of hydrogen-bond donors (Lipinski definition) is 0. The van der Waals surface area contributed by atoms with Gasteiger partial charge in [-0.3, -0.25) is 4.79 Å². The van der Waals surface area contributed by atoms with Crippen molar-refractivity contribution in [1.82, 2.24) is 0 Å². The fourth-order valence-corrected chi connectivity index (χ4v) is 3.46. The van der Waals surface area contributed by atoms with Crippen LogP contribution < -0.4 is 0 Å². The van der Waals surface area contributed by atoms with Crippen LogP contribution in [0.15, 0.2) is 0 Å². The highest BCUT2D eigenvalue weighted by Gasteiger charge is 2.58. The monoisotopic (exact) mass is 136 g/mol. The first-order valence-electron chi connectivity index (χ1n) is 4.41. The van der Waals surface area contributed by atoms with Gasteiger partial charge in [0.25, 0.3) is 0 Å². The highest BCUT2D eigenvalue weighted by Crippen LogP contribution is 2.59. The first kappa shape index (κ1) is 5.34.